The zero-order valence-electron chi connectivity index (χ0n) is 13.8. The Kier molecular flexibility index (Phi) is 9.24. The number of hydrogen-bond acceptors (Lipinski definition) is 5. The first-order valence-electron chi connectivity index (χ1n) is 7.51. The molecule has 126 valence electrons. The summed E-state index contributed by atoms with van der Waals surface area (Å²) in [5, 5.41) is 4.97. The van der Waals surface area contributed by atoms with E-state index >= 15 is 0 Å². The lowest BCUT2D eigenvalue weighted by Gasteiger charge is -2.19. The Bertz CT molecular complexity index is 423. The molecule has 22 heavy (non-hydrogen) atoms. The number of carbonyl (C=O) groups is 4. The Morgan fingerprint density at radius 1 is 1.14 bits per heavy atom. The highest BCUT2D eigenvalue weighted by molar-refractivity contribution is 5.91. The number of ketones is 2. The molecule has 7 heteroatoms. The van der Waals surface area contributed by atoms with E-state index < -0.39 is 23.9 Å². The van der Waals surface area contributed by atoms with Crippen molar-refractivity contribution in [2.75, 3.05) is 6.54 Å². The molecule has 0 saturated carbocycles. The second kappa shape index (κ2) is 10.0. The van der Waals surface area contributed by atoms with Crippen LogP contribution in [0.3, 0.4) is 0 Å². The van der Waals surface area contributed by atoms with Gasteiger partial charge in [0.25, 0.3) is 0 Å². The quantitative estimate of drug-likeness (QED) is 0.521. The van der Waals surface area contributed by atoms with Crippen LogP contribution in [0.4, 0.5) is 0 Å². The molecule has 0 saturated heterocycles. The maximum atomic E-state index is 11.8. The van der Waals surface area contributed by atoms with Crippen molar-refractivity contribution in [2.24, 2.45) is 11.7 Å². The van der Waals surface area contributed by atoms with Crippen molar-refractivity contribution in [3.05, 3.63) is 0 Å². The number of nitrogens with one attached hydrogen (secondary N) is 2. The molecule has 0 aliphatic rings. The van der Waals surface area contributed by atoms with Crippen LogP contribution < -0.4 is 16.4 Å². The normalized spacial score (nSPS) is 14.6. The Morgan fingerprint density at radius 3 is 2.18 bits per heavy atom. The van der Waals surface area contributed by atoms with Gasteiger partial charge in [-0.15, -0.1) is 0 Å². The van der Waals surface area contributed by atoms with Crippen molar-refractivity contribution in [1.82, 2.24) is 10.6 Å². The Hall–Kier alpha value is -1.76. The summed E-state index contributed by atoms with van der Waals surface area (Å²) >= 11 is 0. The maximum Gasteiger partial charge on any atom is 0.239 e. The molecule has 0 aliphatic heterocycles. The van der Waals surface area contributed by atoms with Crippen LogP contribution in [0.15, 0.2) is 0 Å². The zero-order valence-corrected chi connectivity index (χ0v) is 13.8. The zero-order chi connectivity index (χ0) is 17.3. The number of carbonyl (C=O) groups excluding carboxylic acids is 4. The van der Waals surface area contributed by atoms with Gasteiger partial charge in [-0.25, -0.2) is 0 Å². The molecule has 7 nitrogen and oxygen atoms in total. The first kappa shape index (κ1) is 20.2. The van der Waals surface area contributed by atoms with Crippen LogP contribution in [0, 0.1) is 5.92 Å². The molecule has 2 amide bonds. The van der Waals surface area contributed by atoms with E-state index in [4.69, 9.17) is 5.73 Å². The molecule has 3 atom stereocenters. The molecule has 0 unspecified atom stereocenters. The van der Waals surface area contributed by atoms with E-state index in [9.17, 15) is 19.2 Å². The number of Topliss-reactive ketones (excluding diaryl/α,β-unsaturated/α-hetero) is 2. The molecular formula is C15H27N3O4. The molecule has 0 bridgehead atoms. The van der Waals surface area contributed by atoms with Crippen LogP contribution in [-0.2, 0) is 19.2 Å². The second-order valence-corrected chi connectivity index (χ2v) is 5.60. The Morgan fingerprint density at radius 2 is 1.73 bits per heavy atom. The van der Waals surface area contributed by atoms with Crippen molar-refractivity contribution >= 4 is 23.4 Å². The van der Waals surface area contributed by atoms with Crippen molar-refractivity contribution in [1.29, 1.82) is 0 Å². The van der Waals surface area contributed by atoms with Gasteiger partial charge < -0.3 is 21.2 Å². The number of rotatable bonds is 10. The molecule has 0 aliphatic carbocycles. The molecule has 0 fully saturated rings. The van der Waals surface area contributed by atoms with E-state index in [2.05, 4.69) is 10.6 Å². The molecule has 0 heterocycles. The standard InChI is InChI=1S/C15H27N3O4/c1-5-9(2)14(16)15(22)17-8-13(21)18-12(11(4)20)7-6-10(3)19/h9,12,14H,5-8,16H2,1-4H3,(H,17,22)(H,18,21)/t9-,12-,14-/m0/s1. The van der Waals surface area contributed by atoms with Gasteiger partial charge in [0.1, 0.15) is 5.78 Å². The van der Waals surface area contributed by atoms with E-state index in [1.165, 1.54) is 13.8 Å². The van der Waals surface area contributed by atoms with E-state index in [0.717, 1.165) is 6.42 Å². The Labute approximate surface area is 131 Å². The van der Waals surface area contributed by atoms with Crippen LogP contribution in [0.1, 0.15) is 47.0 Å². The first-order chi connectivity index (χ1) is 10.2. The van der Waals surface area contributed by atoms with Crippen molar-refractivity contribution in [3.63, 3.8) is 0 Å². The summed E-state index contributed by atoms with van der Waals surface area (Å²) in [6.45, 7) is 6.32. The maximum absolute atomic E-state index is 11.8. The fourth-order valence-electron chi connectivity index (χ4n) is 1.77. The molecule has 0 rings (SSSR count). The minimum absolute atomic E-state index is 0.0172. The minimum Gasteiger partial charge on any atom is -0.346 e. The lowest BCUT2D eigenvalue weighted by Crippen LogP contribution is -2.49. The van der Waals surface area contributed by atoms with Crippen LogP contribution in [-0.4, -0.2) is 42.0 Å². The van der Waals surface area contributed by atoms with Crippen LogP contribution in [0.5, 0.6) is 0 Å². The van der Waals surface area contributed by atoms with Gasteiger partial charge in [-0.1, -0.05) is 20.3 Å². The monoisotopic (exact) mass is 313 g/mol. The summed E-state index contributed by atoms with van der Waals surface area (Å²) in [6.07, 6.45) is 1.24. The average Bonchev–Trinajstić information content (AvgIpc) is 2.46. The largest absolute Gasteiger partial charge is 0.346 e. The highest BCUT2D eigenvalue weighted by atomic mass is 16.2. The van der Waals surface area contributed by atoms with Crippen molar-refractivity contribution < 1.29 is 19.2 Å². The van der Waals surface area contributed by atoms with Gasteiger partial charge in [0.15, 0.2) is 5.78 Å². The molecule has 4 N–H and O–H groups in total. The lowest BCUT2D eigenvalue weighted by atomic mass is 9.99. The fourth-order valence-corrected chi connectivity index (χ4v) is 1.77. The van der Waals surface area contributed by atoms with Gasteiger partial charge in [-0.3, -0.25) is 14.4 Å². The average molecular weight is 313 g/mol. The van der Waals surface area contributed by atoms with Crippen LogP contribution in [0.25, 0.3) is 0 Å². The number of nitrogens with two attached hydrogens (primary N) is 1. The highest BCUT2D eigenvalue weighted by Crippen LogP contribution is 2.04. The fraction of sp³-hybridized carbons (Fsp3) is 0.733. The van der Waals surface area contributed by atoms with Gasteiger partial charge in [0, 0.05) is 6.42 Å². The van der Waals surface area contributed by atoms with Crippen LogP contribution in [0.2, 0.25) is 0 Å². The molecule has 0 aromatic heterocycles. The van der Waals surface area contributed by atoms with Gasteiger partial charge >= 0.3 is 0 Å². The predicted molar refractivity (Wildman–Crippen MR) is 83.0 cm³/mol. The molecule has 0 aromatic carbocycles. The lowest BCUT2D eigenvalue weighted by molar-refractivity contribution is -0.129. The van der Waals surface area contributed by atoms with Gasteiger partial charge in [0.05, 0.1) is 18.6 Å². The van der Waals surface area contributed by atoms with Crippen LogP contribution >= 0.6 is 0 Å². The third kappa shape index (κ3) is 7.87. The molecule has 0 radical (unpaired) electrons. The summed E-state index contributed by atoms with van der Waals surface area (Å²) in [4.78, 5) is 45.9. The third-order valence-electron chi connectivity index (χ3n) is 3.59. The summed E-state index contributed by atoms with van der Waals surface area (Å²) < 4.78 is 0. The second-order valence-electron chi connectivity index (χ2n) is 5.60. The van der Waals surface area contributed by atoms with Gasteiger partial charge in [-0.05, 0) is 26.2 Å². The minimum atomic E-state index is -0.712. The molecule has 0 spiro atoms. The highest BCUT2D eigenvalue weighted by Gasteiger charge is 2.21. The van der Waals surface area contributed by atoms with E-state index in [1.807, 2.05) is 13.8 Å². The summed E-state index contributed by atoms with van der Waals surface area (Å²) in [5.74, 6) is -1.13. The Balaban J connectivity index is 4.32. The SMILES string of the molecule is CC[C@H](C)[C@H](N)C(=O)NCC(=O)N[C@@H](CCC(C)=O)C(C)=O. The molecule has 0 aromatic rings. The van der Waals surface area contributed by atoms with Gasteiger partial charge in [-0.2, -0.15) is 0 Å². The summed E-state index contributed by atoms with van der Waals surface area (Å²) in [5.41, 5.74) is 5.75. The number of hydrogen-bond donors (Lipinski definition) is 3. The van der Waals surface area contributed by atoms with Crippen molar-refractivity contribution in [2.45, 2.75) is 59.0 Å². The van der Waals surface area contributed by atoms with E-state index in [0.29, 0.717) is 0 Å². The van der Waals surface area contributed by atoms with E-state index in [1.54, 1.807) is 0 Å². The topological polar surface area (TPSA) is 118 Å². The summed E-state index contributed by atoms with van der Waals surface area (Å²) in [6, 6.07) is -1.38. The number of amides is 2. The first-order valence-corrected chi connectivity index (χ1v) is 7.51. The van der Waals surface area contributed by atoms with E-state index in [-0.39, 0.29) is 36.9 Å². The predicted octanol–water partition coefficient (Wildman–Crippen LogP) is -0.0810. The van der Waals surface area contributed by atoms with Gasteiger partial charge in [0.2, 0.25) is 11.8 Å². The van der Waals surface area contributed by atoms with Crippen molar-refractivity contribution in [3.8, 4) is 0 Å². The molecular weight excluding hydrogens is 286 g/mol. The third-order valence-corrected chi connectivity index (χ3v) is 3.59. The summed E-state index contributed by atoms with van der Waals surface area (Å²) in [7, 11) is 0. The smallest absolute Gasteiger partial charge is 0.239 e.